The first-order chi connectivity index (χ1) is 7.65. The Hall–Kier alpha value is -2.04. The van der Waals surface area contributed by atoms with Gasteiger partial charge in [-0.1, -0.05) is 0 Å². The first-order valence-corrected chi connectivity index (χ1v) is 4.87. The van der Waals surface area contributed by atoms with Crippen LogP contribution in [-0.2, 0) is 4.74 Å². The molecule has 4 nitrogen and oxygen atoms in total. The lowest BCUT2D eigenvalue weighted by Crippen LogP contribution is -2.04. The van der Waals surface area contributed by atoms with Gasteiger partial charge >= 0.3 is 5.97 Å². The van der Waals surface area contributed by atoms with E-state index >= 15 is 0 Å². The van der Waals surface area contributed by atoms with Crippen LogP contribution in [0.5, 0.6) is 0 Å². The Morgan fingerprint density at radius 1 is 1.62 bits per heavy atom. The summed E-state index contributed by atoms with van der Waals surface area (Å²) in [5, 5.41) is 0. The summed E-state index contributed by atoms with van der Waals surface area (Å²) in [5.74, 6) is -0.762. The molecule has 0 unspecified atom stereocenters. The highest BCUT2D eigenvalue weighted by molar-refractivity contribution is 5.99. The lowest BCUT2D eigenvalue weighted by atomic mass is 10.2. The Labute approximate surface area is 91.4 Å². The first-order valence-electron chi connectivity index (χ1n) is 4.87. The fraction of sp³-hybridized carbons (Fsp3) is 0.182. The van der Waals surface area contributed by atoms with Gasteiger partial charge in [-0.3, -0.25) is 0 Å². The second kappa shape index (κ2) is 3.84. The topological polar surface area (TPSA) is 56.7 Å². The molecule has 0 radical (unpaired) electrons. The number of rotatable bonds is 2. The van der Waals surface area contributed by atoms with E-state index in [0.29, 0.717) is 5.82 Å². The zero-order chi connectivity index (χ0) is 11.7. The monoisotopic (exact) mass is 222 g/mol. The maximum absolute atomic E-state index is 13.6. The van der Waals surface area contributed by atoms with Crippen LogP contribution in [0, 0.1) is 5.82 Å². The van der Waals surface area contributed by atoms with Gasteiger partial charge in [0.1, 0.15) is 11.6 Å². The molecule has 0 bridgehead atoms. The summed E-state index contributed by atoms with van der Waals surface area (Å²) in [7, 11) is 0. The van der Waals surface area contributed by atoms with E-state index in [1.54, 1.807) is 13.1 Å². The third kappa shape index (κ3) is 1.50. The van der Waals surface area contributed by atoms with Crippen LogP contribution in [-0.4, -0.2) is 17.0 Å². The van der Waals surface area contributed by atoms with Crippen molar-refractivity contribution in [3.8, 4) is 0 Å². The van der Waals surface area contributed by atoms with Crippen LogP contribution in [0.3, 0.4) is 0 Å². The number of carbonyl (C=O) groups is 1. The number of hydrogen-bond donors (Lipinski definition) is 1. The summed E-state index contributed by atoms with van der Waals surface area (Å²) < 4.78 is 19.8. The minimum Gasteiger partial charge on any atom is -0.462 e. The van der Waals surface area contributed by atoms with Crippen molar-refractivity contribution in [3.63, 3.8) is 0 Å². The van der Waals surface area contributed by atoms with Crippen LogP contribution in [0.25, 0.3) is 5.52 Å². The Morgan fingerprint density at radius 3 is 3.06 bits per heavy atom. The van der Waals surface area contributed by atoms with E-state index in [4.69, 9.17) is 10.5 Å². The number of nitrogens with two attached hydrogens (primary N) is 1. The van der Waals surface area contributed by atoms with Gasteiger partial charge < -0.3 is 14.9 Å². The van der Waals surface area contributed by atoms with Crippen molar-refractivity contribution < 1.29 is 13.9 Å². The summed E-state index contributed by atoms with van der Waals surface area (Å²) in [6.07, 6.45) is 1.59. The molecule has 0 saturated carbocycles. The number of nitrogen functional groups attached to an aromatic ring is 1. The predicted molar refractivity (Wildman–Crippen MR) is 57.7 cm³/mol. The smallest absolute Gasteiger partial charge is 0.340 e. The number of halogens is 1. The molecule has 2 N–H and O–H groups in total. The Bertz CT molecular complexity index is 548. The van der Waals surface area contributed by atoms with Crippen LogP contribution in [0.2, 0.25) is 0 Å². The highest BCUT2D eigenvalue weighted by Gasteiger charge is 2.17. The molecule has 2 aromatic heterocycles. The number of hydrogen-bond acceptors (Lipinski definition) is 3. The molecule has 0 aliphatic carbocycles. The van der Waals surface area contributed by atoms with E-state index < -0.39 is 11.8 Å². The molecular weight excluding hydrogens is 211 g/mol. The third-order valence-electron chi connectivity index (χ3n) is 2.27. The van der Waals surface area contributed by atoms with E-state index in [9.17, 15) is 9.18 Å². The van der Waals surface area contributed by atoms with Gasteiger partial charge in [0.25, 0.3) is 0 Å². The van der Waals surface area contributed by atoms with E-state index in [0.717, 1.165) is 0 Å². The normalized spacial score (nSPS) is 10.6. The molecule has 16 heavy (non-hydrogen) atoms. The quantitative estimate of drug-likeness (QED) is 0.789. The molecule has 0 aliphatic rings. The lowest BCUT2D eigenvalue weighted by molar-refractivity contribution is 0.0528. The molecule has 2 heterocycles. The molecule has 0 atom stereocenters. The second-order valence-corrected chi connectivity index (χ2v) is 3.28. The van der Waals surface area contributed by atoms with Crippen LogP contribution in [0.1, 0.15) is 17.3 Å². The zero-order valence-corrected chi connectivity index (χ0v) is 8.74. The highest BCUT2D eigenvalue weighted by atomic mass is 19.1. The first kappa shape index (κ1) is 10.5. The molecule has 2 aromatic rings. The number of aromatic nitrogens is 1. The van der Waals surface area contributed by atoms with E-state index in [2.05, 4.69) is 0 Å². The van der Waals surface area contributed by atoms with Crippen molar-refractivity contribution in [2.45, 2.75) is 6.92 Å². The summed E-state index contributed by atoms with van der Waals surface area (Å²) >= 11 is 0. The molecule has 84 valence electrons. The largest absolute Gasteiger partial charge is 0.462 e. The number of ether oxygens (including phenoxy) is 1. The number of nitrogens with zero attached hydrogens (tertiary/aromatic N) is 1. The molecule has 0 aromatic carbocycles. The fourth-order valence-electron chi connectivity index (χ4n) is 1.61. The molecule has 5 heteroatoms. The zero-order valence-electron chi connectivity index (χ0n) is 8.74. The van der Waals surface area contributed by atoms with Crippen LogP contribution in [0.4, 0.5) is 10.2 Å². The average Bonchev–Trinajstić information content (AvgIpc) is 2.58. The molecule has 0 spiro atoms. The van der Waals surface area contributed by atoms with Gasteiger partial charge in [-0.05, 0) is 25.1 Å². The summed E-state index contributed by atoms with van der Waals surface area (Å²) in [6, 6.07) is 4.21. The predicted octanol–water partition coefficient (Wildman–Crippen LogP) is 1.84. The molecule has 2 rings (SSSR count). The number of carbonyl (C=O) groups excluding carboxylic acids is 1. The third-order valence-corrected chi connectivity index (χ3v) is 2.27. The van der Waals surface area contributed by atoms with E-state index in [-0.39, 0.29) is 17.7 Å². The second-order valence-electron chi connectivity index (χ2n) is 3.28. The Kier molecular flexibility index (Phi) is 2.52. The SMILES string of the molecule is CCOC(=O)c1cc(N)n2cccc(F)c12. The van der Waals surface area contributed by atoms with Crippen molar-refractivity contribution in [1.29, 1.82) is 0 Å². The molecule has 0 fully saturated rings. The Morgan fingerprint density at radius 2 is 2.38 bits per heavy atom. The van der Waals surface area contributed by atoms with Crippen molar-refractivity contribution >= 4 is 17.3 Å². The number of pyridine rings is 1. The number of anilines is 1. The highest BCUT2D eigenvalue weighted by Crippen LogP contribution is 2.22. The van der Waals surface area contributed by atoms with Crippen molar-refractivity contribution in [1.82, 2.24) is 4.40 Å². The van der Waals surface area contributed by atoms with Crippen LogP contribution >= 0.6 is 0 Å². The number of esters is 1. The van der Waals surface area contributed by atoms with Crippen molar-refractivity contribution in [3.05, 3.63) is 35.8 Å². The Balaban J connectivity index is 2.66. The average molecular weight is 222 g/mol. The van der Waals surface area contributed by atoms with Crippen molar-refractivity contribution in [2.75, 3.05) is 12.3 Å². The van der Waals surface area contributed by atoms with Gasteiger partial charge in [0.15, 0.2) is 0 Å². The number of fused-ring (bicyclic) bond motifs is 1. The summed E-state index contributed by atoms with van der Waals surface area (Å²) in [6.45, 7) is 1.93. The van der Waals surface area contributed by atoms with Gasteiger partial charge in [0.05, 0.1) is 17.7 Å². The molecule has 0 saturated heterocycles. The summed E-state index contributed by atoms with van der Waals surface area (Å²) in [4.78, 5) is 11.6. The molecule has 0 aliphatic heterocycles. The fourth-order valence-corrected chi connectivity index (χ4v) is 1.61. The lowest BCUT2D eigenvalue weighted by Gasteiger charge is -2.01. The van der Waals surface area contributed by atoms with Crippen molar-refractivity contribution in [2.24, 2.45) is 0 Å². The standard InChI is InChI=1S/C11H11FN2O2/c1-2-16-11(15)7-6-9(13)14-5-3-4-8(12)10(7)14/h3-6H,2,13H2,1H3. The molecule has 0 amide bonds. The van der Waals surface area contributed by atoms with E-state index in [1.165, 1.54) is 22.6 Å². The summed E-state index contributed by atoms with van der Waals surface area (Å²) in [5.41, 5.74) is 5.97. The van der Waals surface area contributed by atoms with Gasteiger partial charge in [-0.2, -0.15) is 0 Å². The van der Waals surface area contributed by atoms with Gasteiger partial charge in [0, 0.05) is 6.20 Å². The van der Waals surface area contributed by atoms with Gasteiger partial charge in [-0.15, -0.1) is 0 Å². The van der Waals surface area contributed by atoms with Crippen LogP contribution < -0.4 is 5.73 Å². The minimum absolute atomic E-state index is 0.150. The van der Waals surface area contributed by atoms with Gasteiger partial charge in [0.2, 0.25) is 0 Å². The molecular formula is C11H11FN2O2. The minimum atomic E-state index is -0.568. The van der Waals surface area contributed by atoms with Crippen LogP contribution in [0.15, 0.2) is 24.4 Å². The maximum Gasteiger partial charge on any atom is 0.340 e. The van der Waals surface area contributed by atoms with E-state index in [1.807, 2.05) is 0 Å². The van der Waals surface area contributed by atoms with Gasteiger partial charge in [-0.25, -0.2) is 9.18 Å². The maximum atomic E-state index is 13.6.